The van der Waals surface area contributed by atoms with Crippen molar-refractivity contribution >= 4 is 33.3 Å². The Kier molecular flexibility index (Phi) is 5.50. The summed E-state index contributed by atoms with van der Waals surface area (Å²) in [4.78, 5) is 11.5. The van der Waals surface area contributed by atoms with Crippen molar-refractivity contribution in [2.24, 2.45) is 0 Å². The van der Waals surface area contributed by atoms with E-state index in [9.17, 15) is 18.3 Å². The van der Waals surface area contributed by atoms with Crippen LogP contribution in [0.2, 0.25) is 5.02 Å². The summed E-state index contributed by atoms with van der Waals surface area (Å²) in [5.41, 5.74) is 0.346. The van der Waals surface area contributed by atoms with Gasteiger partial charge in [-0.05, 0) is 35.9 Å². The molecule has 1 unspecified atom stereocenters. The van der Waals surface area contributed by atoms with E-state index >= 15 is 0 Å². The molecule has 2 rings (SSSR count). The van der Waals surface area contributed by atoms with E-state index < -0.39 is 21.9 Å². The largest absolute Gasteiger partial charge is 0.481 e. The molecule has 0 radical (unpaired) electrons. The third-order valence-corrected chi connectivity index (χ3v) is 4.92. The smallest absolute Gasteiger partial charge is 0.312 e. The van der Waals surface area contributed by atoms with E-state index in [0.29, 0.717) is 0 Å². The fraction of sp³-hybridized carbons (Fsp3) is 0.118. The average Bonchev–Trinajstić information content (AvgIpc) is 2.55. The number of halogens is 1. The van der Waals surface area contributed by atoms with Crippen LogP contribution in [0.25, 0.3) is 0 Å². The number of carbonyl (C=O) groups is 1. The van der Waals surface area contributed by atoms with Gasteiger partial charge in [0, 0.05) is 11.4 Å². The molecular formula is C17H14ClNO4S. The van der Waals surface area contributed by atoms with Gasteiger partial charge in [0.15, 0.2) is 0 Å². The summed E-state index contributed by atoms with van der Waals surface area (Å²) >= 11 is 5.93. The number of terminal acetylenes is 1. The van der Waals surface area contributed by atoms with Crippen LogP contribution in [0, 0.1) is 12.3 Å². The molecular weight excluding hydrogens is 350 g/mol. The number of sulfonamides is 1. The molecule has 0 heterocycles. The Hall–Kier alpha value is -2.49. The van der Waals surface area contributed by atoms with E-state index in [4.69, 9.17) is 18.0 Å². The van der Waals surface area contributed by atoms with Crippen molar-refractivity contribution in [1.29, 1.82) is 0 Å². The summed E-state index contributed by atoms with van der Waals surface area (Å²) in [6.45, 7) is 0. The zero-order valence-electron chi connectivity index (χ0n) is 12.4. The Bertz CT molecular complexity index is 889. The van der Waals surface area contributed by atoms with Crippen LogP contribution in [-0.4, -0.2) is 19.5 Å². The van der Waals surface area contributed by atoms with Gasteiger partial charge < -0.3 is 5.11 Å². The van der Waals surface area contributed by atoms with E-state index in [1.807, 2.05) is 0 Å². The molecule has 0 amide bonds. The van der Waals surface area contributed by atoms with Crippen molar-refractivity contribution in [2.45, 2.75) is 17.2 Å². The minimum Gasteiger partial charge on any atom is -0.481 e. The standard InChI is InChI=1S/C17H14ClNO4S/c1-2-6-14(17(20)21)15-11-12(18)9-10-16(15)19-24(22,23)13-7-4-3-5-8-13/h1,3-5,7-11,14,19H,6H2,(H,20,21). The monoisotopic (exact) mass is 363 g/mol. The fourth-order valence-corrected chi connectivity index (χ4v) is 3.46. The maximum atomic E-state index is 12.5. The highest BCUT2D eigenvalue weighted by Crippen LogP contribution is 2.31. The minimum absolute atomic E-state index is 0.0646. The summed E-state index contributed by atoms with van der Waals surface area (Å²) in [5.74, 6) is 0.0632. The minimum atomic E-state index is -3.86. The number of hydrogen-bond acceptors (Lipinski definition) is 3. The predicted molar refractivity (Wildman–Crippen MR) is 92.5 cm³/mol. The maximum absolute atomic E-state index is 12.5. The summed E-state index contributed by atoms with van der Waals surface area (Å²) in [6.07, 6.45) is 5.14. The van der Waals surface area contributed by atoms with Gasteiger partial charge in [0.2, 0.25) is 0 Å². The molecule has 0 saturated carbocycles. The Balaban J connectivity index is 2.48. The average molecular weight is 364 g/mol. The number of benzene rings is 2. The van der Waals surface area contributed by atoms with Crippen molar-refractivity contribution < 1.29 is 18.3 Å². The first kappa shape index (κ1) is 17.9. The number of aliphatic carboxylic acids is 1. The van der Waals surface area contributed by atoms with Crippen LogP contribution in [0.5, 0.6) is 0 Å². The van der Waals surface area contributed by atoms with Gasteiger partial charge in [-0.25, -0.2) is 8.42 Å². The van der Waals surface area contributed by atoms with Crippen molar-refractivity contribution in [3.05, 3.63) is 59.1 Å². The second-order valence-electron chi connectivity index (χ2n) is 4.95. The molecule has 0 fully saturated rings. The van der Waals surface area contributed by atoms with Crippen molar-refractivity contribution in [3.8, 4) is 12.3 Å². The van der Waals surface area contributed by atoms with Gasteiger partial charge in [-0.3, -0.25) is 9.52 Å². The van der Waals surface area contributed by atoms with Crippen LogP contribution >= 0.6 is 11.6 Å². The molecule has 5 nitrogen and oxygen atoms in total. The first-order chi connectivity index (χ1) is 11.3. The molecule has 1 atom stereocenters. The molecule has 24 heavy (non-hydrogen) atoms. The van der Waals surface area contributed by atoms with E-state index in [0.717, 1.165) is 0 Å². The van der Waals surface area contributed by atoms with E-state index in [1.54, 1.807) is 18.2 Å². The number of hydrogen-bond donors (Lipinski definition) is 2. The number of carboxylic acids is 1. The Morgan fingerprint density at radius 1 is 1.25 bits per heavy atom. The number of carboxylic acid groups (broad SMARTS) is 1. The highest BCUT2D eigenvalue weighted by molar-refractivity contribution is 7.92. The quantitative estimate of drug-likeness (QED) is 0.771. The summed E-state index contributed by atoms with van der Waals surface area (Å²) in [7, 11) is -3.86. The van der Waals surface area contributed by atoms with Crippen LogP contribution in [0.1, 0.15) is 17.9 Å². The lowest BCUT2D eigenvalue weighted by atomic mass is 9.95. The maximum Gasteiger partial charge on any atom is 0.312 e. The third-order valence-electron chi connectivity index (χ3n) is 3.31. The normalized spacial score (nSPS) is 12.2. The SMILES string of the molecule is C#CCC(C(=O)O)c1cc(Cl)ccc1NS(=O)(=O)c1ccccc1. The van der Waals surface area contributed by atoms with Gasteiger partial charge in [-0.2, -0.15) is 0 Å². The van der Waals surface area contributed by atoms with Gasteiger partial charge in [0.05, 0.1) is 16.5 Å². The van der Waals surface area contributed by atoms with Gasteiger partial charge in [0.25, 0.3) is 10.0 Å². The van der Waals surface area contributed by atoms with Gasteiger partial charge >= 0.3 is 5.97 Å². The molecule has 0 spiro atoms. The molecule has 2 N–H and O–H groups in total. The number of rotatable bonds is 6. The van der Waals surface area contributed by atoms with Crippen molar-refractivity contribution in [3.63, 3.8) is 0 Å². The fourth-order valence-electron chi connectivity index (χ4n) is 2.17. The van der Waals surface area contributed by atoms with Crippen LogP contribution < -0.4 is 4.72 Å². The molecule has 2 aromatic rings. The van der Waals surface area contributed by atoms with Gasteiger partial charge in [-0.15, -0.1) is 12.3 Å². The third kappa shape index (κ3) is 4.07. The van der Waals surface area contributed by atoms with Crippen LogP contribution in [0.4, 0.5) is 5.69 Å². The Labute approximate surface area is 145 Å². The van der Waals surface area contributed by atoms with Crippen LogP contribution in [-0.2, 0) is 14.8 Å². The second-order valence-corrected chi connectivity index (χ2v) is 7.07. The summed E-state index contributed by atoms with van der Waals surface area (Å²) in [6, 6.07) is 12.1. The summed E-state index contributed by atoms with van der Waals surface area (Å²) < 4.78 is 27.3. The lowest BCUT2D eigenvalue weighted by Crippen LogP contribution is -2.18. The number of nitrogens with one attached hydrogen (secondary N) is 1. The van der Waals surface area contributed by atoms with Gasteiger partial charge in [-0.1, -0.05) is 29.8 Å². The van der Waals surface area contributed by atoms with Crippen LogP contribution in [0.15, 0.2) is 53.4 Å². The molecule has 0 saturated heterocycles. The second kappa shape index (κ2) is 7.39. The topological polar surface area (TPSA) is 83.5 Å². The van der Waals surface area contributed by atoms with Crippen molar-refractivity contribution in [2.75, 3.05) is 4.72 Å². The lowest BCUT2D eigenvalue weighted by Gasteiger charge is -2.17. The highest BCUT2D eigenvalue weighted by Gasteiger charge is 2.24. The predicted octanol–water partition coefficient (Wildman–Crippen LogP) is 3.33. The molecule has 0 aliphatic heterocycles. The zero-order valence-corrected chi connectivity index (χ0v) is 14.0. The zero-order chi connectivity index (χ0) is 17.7. The molecule has 0 aliphatic rings. The van der Waals surface area contributed by atoms with Crippen LogP contribution in [0.3, 0.4) is 0 Å². The van der Waals surface area contributed by atoms with Gasteiger partial charge in [0.1, 0.15) is 0 Å². The molecule has 0 aromatic heterocycles. The molecule has 7 heteroatoms. The number of anilines is 1. The van der Waals surface area contributed by atoms with Crippen molar-refractivity contribution in [1.82, 2.24) is 0 Å². The van der Waals surface area contributed by atoms with E-state index in [-0.39, 0.29) is 27.6 Å². The van der Waals surface area contributed by atoms with E-state index in [1.165, 1.54) is 30.3 Å². The molecule has 0 aliphatic carbocycles. The summed E-state index contributed by atoms with van der Waals surface area (Å²) in [5, 5.41) is 9.66. The Morgan fingerprint density at radius 3 is 2.50 bits per heavy atom. The first-order valence-electron chi connectivity index (χ1n) is 6.88. The first-order valence-corrected chi connectivity index (χ1v) is 8.75. The molecule has 124 valence electrons. The Morgan fingerprint density at radius 2 is 1.92 bits per heavy atom. The highest BCUT2D eigenvalue weighted by atomic mass is 35.5. The molecule has 2 aromatic carbocycles. The van der Waals surface area contributed by atoms with E-state index in [2.05, 4.69) is 10.6 Å². The lowest BCUT2D eigenvalue weighted by molar-refractivity contribution is -0.138. The molecule has 0 bridgehead atoms.